The lowest BCUT2D eigenvalue weighted by molar-refractivity contribution is -0.143. The summed E-state index contributed by atoms with van der Waals surface area (Å²) in [6.45, 7) is 4.89. The summed E-state index contributed by atoms with van der Waals surface area (Å²) in [6.07, 6.45) is 1.35. The summed E-state index contributed by atoms with van der Waals surface area (Å²) >= 11 is 0. The molecule has 3 heteroatoms. The van der Waals surface area contributed by atoms with Gasteiger partial charge in [0.25, 0.3) is 0 Å². The predicted octanol–water partition coefficient (Wildman–Crippen LogP) is 3.76. The molecule has 0 saturated carbocycles. The van der Waals surface area contributed by atoms with Crippen molar-refractivity contribution < 1.29 is 14.3 Å². The van der Waals surface area contributed by atoms with Gasteiger partial charge >= 0.3 is 5.97 Å². The first-order valence-electron chi connectivity index (χ1n) is 6.90. The van der Waals surface area contributed by atoms with E-state index in [1.165, 1.54) is 6.92 Å². The van der Waals surface area contributed by atoms with Gasteiger partial charge in [0.1, 0.15) is 5.57 Å². The molecule has 2 rings (SSSR count). The third-order valence-corrected chi connectivity index (χ3v) is 3.07. The molecular weight excluding hydrogens is 264 g/mol. The highest BCUT2D eigenvalue weighted by atomic mass is 16.5. The minimum Gasteiger partial charge on any atom is -0.459 e. The van der Waals surface area contributed by atoms with Crippen molar-refractivity contribution in [2.24, 2.45) is 0 Å². The topological polar surface area (TPSA) is 43.4 Å². The summed E-state index contributed by atoms with van der Waals surface area (Å²) in [6, 6.07) is 13.6. The van der Waals surface area contributed by atoms with Crippen molar-refractivity contribution >= 4 is 28.6 Å². The summed E-state index contributed by atoms with van der Waals surface area (Å²) in [5.41, 5.74) is 0.902. The van der Waals surface area contributed by atoms with E-state index in [9.17, 15) is 9.59 Å². The minimum absolute atomic E-state index is 0.0695. The molecule has 0 heterocycles. The number of carbonyl (C=O) groups is 2. The summed E-state index contributed by atoms with van der Waals surface area (Å²) in [4.78, 5) is 23.8. The number of carbonyl (C=O) groups excluding carboxylic acids is 2. The van der Waals surface area contributed by atoms with Crippen molar-refractivity contribution in [2.45, 2.75) is 26.9 Å². The normalized spacial score (nSPS) is 11.7. The Kier molecular flexibility index (Phi) is 4.53. The van der Waals surface area contributed by atoms with Crippen molar-refractivity contribution in [1.82, 2.24) is 0 Å². The van der Waals surface area contributed by atoms with Gasteiger partial charge in [-0.25, -0.2) is 4.79 Å². The monoisotopic (exact) mass is 282 g/mol. The van der Waals surface area contributed by atoms with Crippen LogP contribution in [0.2, 0.25) is 0 Å². The molecule has 0 atom stereocenters. The molecule has 0 amide bonds. The standard InChI is InChI=1S/C18H18O3/c1-12(2)21-18(20)17(13(3)19)11-15-9-6-8-14-7-4-5-10-16(14)15/h4-12H,1-3H3/b17-11-. The van der Waals surface area contributed by atoms with E-state index in [1.54, 1.807) is 19.9 Å². The van der Waals surface area contributed by atoms with Crippen LogP contribution in [0.3, 0.4) is 0 Å². The molecule has 0 aliphatic rings. The molecular formula is C18H18O3. The number of ether oxygens (including phenoxy) is 1. The summed E-state index contributed by atoms with van der Waals surface area (Å²) in [5, 5.41) is 2.06. The SMILES string of the molecule is CC(=O)/C(=C/c1cccc2ccccc12)C(=O)OC(C)C. The van der Waals surface area contributed by atoms with Crippen LogP contribution in [-0.2, 0) is 14.3 Å². The summed E-state index contributed by atoms with van der Waals surface area (Å²) in [5.74, 6) is -0.876. The number of benzene rings is 2. The molecule has 21 heavy (non-hydrogen) atoms. The molecule has 0 unspecified atom stereocenters. The molecule has 0 aliphatic heterocycles. The van der Waals surface area contributed by atoms with Gasteiger partial charge < -0.3 is 4.74 Å². The number of Topliss-reactive ketones (excluding diaryl/α,β-unsaturated/α-hetero) is 1. The zero-order valence-electron chi connectivity index (χ0n) is 12.4. The van der Waals surface area contributed by atoms with Gasteiger partial charge in [0.15, 0.2) is 5.78 Å². The van der Waals surface area contributed by atoms with Crippen LogP contribution in [0.15, 0.2) is 48.0 Å². The van der Waals surface area contributed by atoms with Crippen LogP contribution >= 0.6 is 0 Å². The average Bonchev–Trinajstić information content (AvgIpc) is 2.43. The maximum atomic E-state index is 12.0. The van der Waals surface area contributed by atoms with Crippen molar-refractivity contribution in [3.05, 3.63) is 53.6 Å². The van der Waals surface area contributed by atoms with Gasteiger partial charge in [-0.1, -0.05) is 42.5 Å². The lowest BCUT2D eigenvalue weighted by Crippen LogP contribution is -2.17. The Hall–Kier alpha value is -2.42. The molecule has 0 bridgehead atoms. The predicted molar refractivity (Wildman–Crippen MR) is 83.8 cm³/mol. The Labute approximate surface area is 124 Å². The number of hydrogen-bond donors (Lipinski definition) is 0. The smallest absolute Gasteiger partial charge is 0.342 e. The third kappa shape index (κ3) is 3.57. The van der Waals surface area contributed by atoms with Crippen molar-refractivity contribution in [1.29, 1.82) is 0 Å². The van der Waals surface area contributed by atoms with Gasteiger partial charge in [0.2, 0.25) is 0 Å². The molecule has 0 N–H and O–H groups in total. The highest BCUT2D eigenvalue weighted by Crippen LogP contribution is 2.21. The first-order chi connectivity index (χ1) is 9.99. The fourth-order valence-electron chi connectivity index (χ4n) is 2.11. The molecule has 2 aromatic rings. The minimum atomic E-state index is -0.578. The fourth-order valence-corrected chi connectivity index (χ4v) is 2.11. The Morgan fingerprint density at radius 2 is 1.71 bits per heavy atom. The van der Waals surface area contributed by atoms with Gasteiger partial charge in [-0.05, 0) is 43.2 Å². The second kappa shape index (κ2) is 6.35. The number of fused-ring (bicyclic) bond motifs is 1. The molecule has 0 saturated heterocycles. The molecule has 0 fully saturated rings. The Morgan fingerprint density at radius 1 is 1.05 bits per heavy atom. The second-order valence-electron chi connectivity index (χ2n) is 5.14. The van der Waals surface area contributed by atoms with Crippen molar-refractivity contribution in [3.8, 4) is 0 Å². The van der Waals surface area contributed by atoms with Crippen LogP contribution in [0.25, 0.3) is 16.8 Å². The van der Waals surface area contributed by atoms with Gasteiger partial charge in [-0.15, -0.1) is 0 Å². The van der Waals surface area contributed by atoms with Crippen LogP contribution in [0.1, 0.15) is 26.3 Å². The van der Waals surface area contributed by atoms with Gasteiger partial charge in [0, 0.05) is 0 Å². The van der Waals surface area contributed by atoms with Crippen LogP contribution < -0.4 is 0 Å². The Balaban J connectivity index is 2.50. The Morgan fingerprint density at radius 3 is 2.38 bits per heavy atom. The summed E-state index contributed by atoms with van der Waals surface area (Å²) < 4.78 is 5.13. The highest BCUT2D eigenvalue weighted by molar-refractivity contribution is 6.20. The summed E-state index contributed by atoms with van der Waals surface area (Å²) in [7, 11) is 0. The zero-order chi connectivity index (χ0) is 15.4. The number of hydrogen-bond acceptors (Lipinski definition) is 3. The van der Waals surface area contributed by atoms with Gasteiger partial charge in [0.05, 0.1) is 6.10 Å². The van der Waals surface area contributed by atoms with Gasteiger partial charge in [-0.3, -0.25) is 4.79 Å². The molecule has 2 aromatic carbocycles. The third-order valence-electron chi connectivity index (χ3n) is 3.07. The van der Waals surface area contributed by atoms with E-state index in [-0.39, 0.29) is 17.5 Å². The first-order valence-corrected chi connectivity index (χ1v) is 6.90. The van der Waals surface area contributed by atoms with E-state index in [2.05, 4.69) is 0 Å². The molecule has 108 valence electrons. The molecule has 0 aliphatic carbocycles. The second-order valence-corrected chi connectivity index (χ2v) is 5.14. The lowest BCUT2D eigenvalue weighted by Gasteiger charge is -2.09. The van der Waals surface area contributed by atoms with E-state index < -0.39 is 5.97 Å². The quantitative estimate of drug-likeness (QED) is 0.371. The lowest BCUT2D eigenvalue weighted by atomic mass is 10.0. The van der Waals surface area contributed by atoms with Crippen LogP contribution in [0.5, 0.6) is 0 Å². The highest BCUT2D eigenvalue weighted by Gasteiger charge is 2.17. The van der Waals surface area contributed by atoms with Gasteiger partial charge in [-0.2, -0.15) is 0 Å². The maximum absolute atomic E-state index is 12.0. The van der Waals surface area contributed by atoms with E-state index in [1.807, 2.05) is 42.5 Å². The average molecular weight is 282 g/mol. The van der Waals surface area contributed by atoms with Crippen LogP contribution in [0, 0.1) is 0 Å². The Bertz CT molecular complexity index is 706. The molecule has 3 nitrogen and oxygen atoms in total. The first kappa shape index (κ1) is 15.0. The van der Waals surface area contributed by atoms with E-state index in [4.69, 9.17) is 4.74 Å². The number of rotatable bonds is 4. The van der Waals surface area contributed by atoms with E-state index >= 15 is 0 Å². The zero-order valence-corrected chi connectivity index (χ0v) is 12.4. The van der Waals surface area contributed by atoms with Crippen molar-refractivity contribution in [2.75, 3.05) is 0 Å². The van der Waals surface area contributed by atoms with Crippen LogP contribution in [0.4, 0.5) is 0 Å². The van der Waals surface area contributed by atoms with Crippen molar-refractivity contribution in [3.63, 3.8) is 0 Å². The fraction of sp³-hybridized carbons (Fsp3) is 0.222. The number of ketones is 1. The maximum Gasteiger partial charge on any atom is 0.342 e. The molecule has 0 radical (unpaired) electrons. The molecule has 0 aromatic heterocycles. The van der Waals surface area contributed by atoms with E-state index in [0.29, 0.717) is 0 Å². The van der Waals surface area contributed by atoms with E-state index in [0.717, 1.165) is 16.3 Å². The largest absolute Gasteiger partial charge is 0.459 e. The van der Waals surface area contributed by atoms with Crippen LogP contribution in [-0.4, -0.2) is 17.9 Å². The molecule has 0 spiro atoms. The number of esters is 1.